The molecule has 0 amide bonds. The quantitative estimate of drug-likeness (QED) is 0.745. The third-order valence-electron chi connectivity index (χ3n) is 2.86. The van der Waals surface area contributed by atoms with Crippen LogP contribution in [-0.2, 0) is 5.41 Å². The summed E-state index contributed by atoms with van der Waals surface area (Å²) in [7, 11) is 0. The van der Waals surface area contributed by atoms with Crippen LogP contribution < -0.4 is 0 Å². The standard InChI is InChI=1S/C11H14N2S/c1-11(2,7-12)10-13-9(6-14-10)8-4-3-5-8/h6,8H,3-5H2,1-2H3. The fourth-order valence-corrected chi connectivity index (χ4v) is 2.49. The van der Waals surface area contributed by atoms with E-state index in [1.165, 1.54) is 25.0 Å². The third kappa shape index (κ3) is 1.55. The number of hydrogen-bond acceptors (Lipinski definition) is 3. The minimum Gasteiger partial charge on any atom is -0.244 e. The number of nitriles is 1. The molecule has 1 aliphatic carbocycles. The SMILES string of the molecule is CC(C)(C#N)c1nc(C2CCC2)cs1. The first-order chi connectivity index (χ1) is 6.63. The Hall–Kier alpha value is -0.880. The van der Waals surface area contributed by atoms with Crippen molar-refractivity contribution in [1.82, 2.24) is 4.98 Å². The monoisotopic (exact) mass is 206 g/mol. The fraction of sp³-hybridized carbons (Fsp3) is 0.636. The van der Waals surface area contributed by atoms with Crippen LogP contribution in [0.15, 0.2) is 5.38 Å². The molecular weight excluding hydrogens is 192 g/mol. The second kappa shape index (κ2) is 3.36. The van der Waals surface area contributed by atoms with Crippen molar-refractivity contribution >= 4 is 11.3 Å². The molecule has 0 bridgehead atoms. The molecule has 74 valence electrons. The van der Waals surface area contributed by atoms with Gasteiger partial charge in [-0.2, -0.15) is 5.26 Å². The number of nitrogens with zero attached hydrogens (tertiary/aromatic N) is 2. The first-order valence-electron chi connectivity index (χ1n) is 5.00. The molecule has 0 N–H and O–H groups in total. The summed E-state index contributed by atoms with van der Waals surface area (Å²) in [6, 6.07) is 2.29. The van der Waals surface area contributed by atoms with E-state index >= 15 is 0 Å². The normalized spacial score (nSPS) is 17.5. The van der Waals surface area contributed by atoms with Crippen molar-refractivity contribution in [2.75, 3.05) is 0 Å². The van der Waals surface area contributed by atoms with E-state index in [4.69, 9.17) is 5.26 Å². The van der Waals surface area contributed by atoms with Gasteiger partial charge in [-0.15, -0.1) is 11.3 Å². The average molecular weight is 206 g/mol. The molecule has 1 saturated carbocycles. The first kappa shape index (κ1) is 9.67. The summed E-state index contributed by atoms with van der Waals surface area (Å²) in [4.78, 5) is 4.57. The lowest BCUT2D eigenvalue weighted by molar-refractivity contribution is 0.411. The van der Waals surface area contributed by atoms with Gasteiger partial charge in [0, 0.05) is 11.3 Å². The minimum absolute atomic E-state index is 0.424. The Morgan fingerprint density at radius 2 is 2.29 bits per heavy atom. The van der Waals surface area contributed by atoms with Crippen LogP contribution in [0.5, 0.6) is 0 Å². The zero-order chi connectivity index (χ0) is 10.2. The van der Waals surface area contributed by atoms with Gasteiger partial charge in [-0.1, -0.05) is 6.42 Å². The van der Waals surface area contributed by atoms with Gasteiger partial charge >= 0.3 is 0 Å². The summed E-state index contributed by atoms with van der Waals surface area (Å²) in [5, 5.41) is 12.1. The molecule has 2 nitrogen and oxygen atoms in total. The molecule has 0 radical (unpaired) electrons. The summed E-state index contributed by atoms with van der Waals surface area (Å²) >= 11 is 1.63. The Bertz CT molecular complexity index is 369. The van der Waals surface area contributed by atoms with E-state index in [2.05, 4.69) is 16.4 Å². The lowest BCUT2D eigenvalue weighted by atomic mass is 9.83. The van der Waals surface area contributed by atoms with Crippen LogP contribution >= 0.6 is 11.3 Å². The van der Waals surface area contributed by atoms with Crippen molar-refractivity contribution in [3.63, 3.8) is 0 Å². The number of hydrogen-bond donors (Lipinski definition) is 0. The highest BCUT2D eigenvalue weighted by Crippen LogP contribution is 2.38. The van der Waals surface area contributed by atoms with E-state index in [0.717, 1.165) is 5.01 Å². The lowest BCUT2D eigenvalue weighted by Gasteiger charge is -2.23. The Balaban J connectivity index is 2.21. The van der Waals surface area contributed by atoms with Crippen LogP contribution in [0.2, 0.25) is 0 Å². The maximum absolute atomic E-state index is 8.98. The molecule has 3 heteroatoms. The molecule has 0 spiro atoms. The van der Waals surface area contributed by atoms with Gasteiger partial charge in [0.25, 0.3) is 0 Å². The van der Waals surface area contributed by atoms with E-state index in [1.54, 1.807) is 11.3 Å². The van der Waals surface area contributed by atoms with E-state index in [-0.39, 0.29) is 0 Å². The summed E-state index contributed by atoms with van der Waals surface area (Å²) in [6.07, 6.45) is 3.88. The van der Waals surface area contributed by atoms with E-state index in [0.29, 0.717) is 5.92 Å². The predicted molar refractivity (Wildman–Crippen MR) is 57.3 cm³/mol. The lowest BCUT2D eigenvalue weighted by Crippen LogP contribution is -2.15. The molecule has 0 aliphatic heterocycles. The zero-order valence-corrected chi connectivity index (χ0v) is 9.40. The number of aromatic nitrogens is 1. The molecule has 14 heavy (non-hydrogen) atoms. The third-order valence-corrected chi connectivity index (χ3v) is 4.04. The summed E-state index contributed by atoms with van der Waals surface area (Å²) < 4.78 is 0. The summed E-state index contributed by atoms with van der Waals surface area (Å²) in [6.45, 7) is 3.85. The molecule has 1 aliphatic rings. The first-order valence-corrected chi connectivity index (χ1v) is 5.88. The van der Waals surface area contributed by atoms with Crippen LogP contribution in [0.4, 0.5) is 0 Å². The van der Waals surface area contributed by atoms with Crippen molar-refractivity contribution in [2.24, 2.45) is 0 Å². The molecule has 0 aromatic carbocycles. The Labute approximate surface area is 88.6 Å². The van der Waals surface area contributed by atoms with Crippen LogP contribution in [0.3, 0.4) is 0 Å². The van der Waals surface area contributed by atoms with Gasteiger partial charge in [0.05, 0.1) is 11.8 Å². The summed E-state index contributed by atoms with van der Waals surface area (Å²) in [5.41, 5.74) is 0.784. The molecule has 1 heterocycles. The molecule has 1 aromatic heterocycles. The molecule has 1 fully saturated rings. The Morgan fingerprint density at radius 1 is 1.57 bits per heavy atom. The average Bonchev–Trinajstić information content (AvgIpc) is 2.51. The topological polar surface area (TPSA) is 36.7 Å². The highest BCUT2D eigenvalue weighted by atomic mass is 32.1. The van der Waals surface area contributed by atoms with Gasteiger partial charge in [-0.25, -0.2) is 4.98 Å². The number of rotatable bonds is 2. The Kier molecular flexibility index (Phi) is 2.32. The molecule has 0 saturated heterocycles. The number of thiazole rings is 1. The largest absolute Gasteiger partial charge is 0.244 e. The van der Waals surface area contributed by atoms with Gasteiger partial charge in [0.15, 0.2) is 0 Å². The second-order valence-corrected chi connectivity index (χ2v) is 5.30. The predicted octanol–water partition coefficient (Wildman–Crippen LogP) is 3.21. The van der Waals surface area contributed by atoms with Gasteiger partial charge in [-0.05, 0) is 26.7 Å². The highest BCUT2D eigenvalue weighted by molar-refractivity contribution is 7.09. The van der Waals surface area contributed by atoms with Crippen molar-refractivity contribution in [1.29, 1.82) is 5.26 Å². The van der Waals surface area contributed by atoms with Gasteiger partial charge in [0.1, 0.15) is 10.4 Å². The van der Waals surface area contributed by atoms with Crippen molar-refractivity contribution in [2.45, 2.75) is 44.4 Å². The van der Waals surface area contributed by atoms with E-state index in [1.807, 2.05) is 13.8 Å². The molecular formula is C11H14N2S. The molecule has 0 unspecified atom stereocenters. The van der Waals surface area contributed by atoms with Crippen molar-refractivity contribution in [3.05, 3.63) is 16.1 Å². The van der Waals surface area contributed by atoms with E-state index in [9.17, 15) is 0 Å². The van der Waals surface area contributed by atoms with E-state index < -0.39 is 5.41 Å². The van der Waals surface area contributed by atoms with Gasteiger partial charge in [0.2, 0.25) is 0 Å². The maximum atomic E-state index is 8.98. The Morgan fingerprint density at radius 3 is 2.79 bits per heavy atom. The van der Waals surface area contributed by atoms with Crippen LogP contribution in [0, 0.1) is 11.3 Å². The molecule has 2 rings (SSSR count). The second-order valence-electron chi connectivity index (χ2n) is 4.44. The van der Waals surface area contributed by atoms with Crippen LogP contribution in [0.25, 0.3) is 0 Å². The molecule has 0 atom stereocenters. The van der Waals surface area contributed by atoms with Crippen molar-refractivity contribution in [3.8, 4) is 6.07 Å². The maximum Gasteiger partial charge on any atom is 0.113 e. The zero-order valence-electron chi connectivity index (χ0n) is 8.58. The smallest absolute Gasteiger partial charge is 0.113 e. The van der Waals surface area contributed by atoms with Gasteiger partial charge < -0.3 is 0 Å². The van der Waals surface area contributed by atoms with Crippen LogP contribution in [0.1, 0.15) is 49.7 Å². The molecule has 1 aromatic rings. The van der Waals surface area contributed by atoms with Gasteiger partial charge in [-0.3, -0.25) is 0 Å². The minimum atomic E-state index is -0.424. The summed E-state index contributed by atoms with van der Waals surface area (Å²) in [5.74, 6) is 0.675. The highest BCUT2D eigenvalue weighted by Gasteiger charge is 2.27. The van der Waals surface area contributed by atoms with Crippen molar-refractivity contribution < 1.29 is 0 Å². The fourth-order valence-electron chi connectivity index (χ4n) is 1.51. The van der Waals surface area contributed by atoms with Crippen LogP contribution in [-0.4, -0.2) is 4.98 Å².